The van der Waals surface area contributed by atoms with Gasteiger partial charge in [-0.3, -0.25) is 0 Å². The monoisotopic (exact) mass is 348 g/mol. The van der Waals surface area contributed by atoms with Crippen LogP contribution in [-0.4, -0.2) is 24.2 Å². The van der Waals surface area contributed by atoms with E-state index in [1.54, 1.807) is 12.1 Å². The van der Waals surface area contributed by atoms with Gasteiger partial charge in [-0.1, -0.05) is 18.6 Å². The summed E-state index contributed by atoms with van der Waals surface area (Å²) in [5.74, 6) is -0.851. The molecule has 0 spiro atoms. The molecule has 3 nitrogen and oxygen atoms in total. The van der Waals surface area contributed by atoms with Crippen LogP contribution in [-0.2, 0) is 32.7 Å². The number of hydrogen-bond donors (Lipinski definition) is 1. The first-order valence-electron chi connectivity index (χ1n) is 5.18. The SMILES string of the molecule is O=C(O)c1ccccc1N1C[CH-]CCC1.[Ar].[CH3-].[Y]. The van der Waals surface area contributed by atoms with E-state index in [1.165, 1.54) is 0 Å². The molecule has 99 valence electrons. The van der Waals surface area contributed by atoms with E-state index in [2.05, 4.69) is 11.3 Å². The molecular formula is C13H17ArNO2Y-2. The van der Waals surface area contributed by atoms with Crippen molar-refractivity contribution in [1.82, 2.24) is 0 Å². The second-order valence-electron chi connectivity index (χ2n) is 3.70. The summed E-state index contributed by atoms with van der Waals surface area (Å²) in [4.78, 5) is 13.1. The van der Waals surface area contributed by atoms with Crippen molar-refractivity contribution in [3.63, 3.8) is 0 Å². The van der Waals surface area contributed by atoms with Gasteiger partial charge in [0.25, 0.3) is 0 Å². The minimum atomic E-state index is -0.851. The summed E-state index contributed by atoms with van der Waals surface area (Å²) >= 11 is 0. The largest absolute Gasteiger partial charge is 0.478 e. The van der Waals surface area contributed by atoms with Crippen molar-refractivity contribution < 1.29 is 80.3 Å². The normalized spacial score (nSPS) is 13.7. The molecule has 1 heterocycles. The van der Waals surface area contributed by atoms with Crippen LogP contribution in [0.1, 0.15) is 23.2 Å². The Hall–Kier alpha value is 0.854. The van der Waals surface area contributed by atoms with Gasteiger partial charge in [-0.2, -0.15) is 6.42 Å². The molecule has 0 unspecified atom stereocenters. The minimum Gasteiger partial charge on any atom is -0.478 e. The fourth-order valence-electron chi connectivity index (χ4n) is 1.91. The maximum absolute atomic E-state index is 11.0. The molecule has 1 aromatic carbocycles. The fraction of sp³-hybridized carbons (Fsp3) is 0.308. The van der Waals surface area contributed by atoms with Gasteiger partial charge in [-0.05, 0) is 12.1 Å². The topological polar surface area (TPSA) is 40.5 Å². The van der Waals surface area contributed by atoms with E-state index in [4.69, 9.17) is 5.11 Å². The van der Waals surface area contributed by atoms with Crippen LogP contribution in [0.3, 0.4) is 0 Å². The Morgan fingerprint density at radius 2 is 2.00 bits per heavy atom. The zero-order valence-electron chi connectivity index (χ0n) is 10.4. The number of carbonyl (C=O) groups is 1. The number of aromatic carboxylic acids is 1. The molecule has 2 rings (SSSR count). The van der Waals surface area contributed by atoms with Crippen molar-refractivity contribution in [2.24, 2.45) is 0 Å². The molecular weight excluding hydrogens is 331 g/mol. The Morgan fingerprint density at radius 1 is 1.33 bits per heavy atom. The average Bonchev–Trinajstić information content (AvgIpc) is 2.30. The van der Waals surface area contributed by atoms with Crippen LogP contribution in [0.25, 0.3) is 0 Å². The molecule has 5 heteroatoms. The number of benzene rings is 1. The molecule has 0 aromatic heterocycles. The van der Waals surface area contributed by atoms with E-state index in [0.29, 0.717) is 5.56 Å². The smallest absolute Gasteiger partial charge is 0.337 e. The third-order valence-corrected chi connectivity index (χ3v) is 2.66. The van der Waals surface area contributed by atoms with E-state index in [0.717, 1.165) is 31.6 Å². The van der Waals surface area contributed by atoms with Crippen molar-refractivity contribution in [2.75, 3.05) is 18.0 Å². The molecule has 1 aliphatic rings. The predicted octanol–water partition coefficient (Wildman–Crippen LogP) is 2.64. The summed E-state index contributed by atoms with van der Waals surface area (Å²) in [6, 6.07) is 7.19. The zero-order chi connectivity index (χ0) is 10.7. The van der Waals surface area contributed by atoms with Gasteiger partial charge >= 0.3 is 5.97 Å². The molecule has 1 saturated heterocycles. The molecule has 0 amide bonds. The van der Waals surface area contributed by atoms with Gasteiger partial charge in [0.2, 0.25) is 0 Å². The maximum atomic E-state index is 11.0. The Morgan fingerprint density at radius 3 is 2.56 bits per heavy atom. The molecule has 0 atom stereocenters. The van der Waals surface area contributed by atoms with Crippen molar-refractivity contribution in [3.8, 4) is 0 Å². The summed E-state index contributed by atoms with van der Waals surface area (Å²) in [5.41, 5.74) is 1.23. The predicted molar refractivity (Wildman–Crippen MR) is 65.6 cm³/mol. The van der Waals surface area contributed by atoms with Gasteiger partial charge < -0.3 is 23.9 Å². The minimum absolute atomic E-state index is 0. The van der Waals surface area contributed by atoms with E-state index in [1.807, 2.05) is 12.1 Å². The van der Waals surface area contributed by atoms with Crippen LogP contribution in [0.5, 0.6) is 0 Å². The third kappa shape index (κ3) is 5.46. The standard InChI is InChI=1S/C12H14NO2.CH3.Ar.Y/c14-12(15)10-6-2-3-7-11(10)13-8-4-1-5-9-13;;;/h2-4,6-7H,1,5,8-9H2,(H,14,15);1H3;;/q2*-1;;. The third-order valence-electron chi connectivity index (χ3n) is 2.66. The van der Waals surface area contributed by atoms with Crippen molar-refractivity contribution in [1.29, 1.82) is 0 Å². The second-order valence-corrected chi connectivity index (χ2v) is 3.70. The Kier molecular flexibility index (Phi) is 12.5. The number of hydrogen-bond acceptors (Lipinski definition) is 2. The summed E-state index contributed by atoms with van der Waals surface area (Å²) in [7, 11) is 0. The van der Waals surface area contributed by atoms with Crippen LogP contribution in [0.2, 0.25) is 0 Å². The first-order valence-corrected chi connectivity index (χ1v) is 5.18. The van der Waals surface area contributed by atoms with Gasteiger partial charge in [0.05, 0.1) is 5.56 Å². The van der Waals surface area contributed by atoms with Gasteiger partial charge in [0.1, 0.15) is 0 Å². The molecule has 0 bridgehead atoms. The first-order chi connectivity index (χ1) is 7.29. The van der Waals surface area contributed by atoms with Crippen molar-refractivity contribution in [3.05, 3.63) is 43.7 Å². The molecule has 18 heavy (non-hydrogen) atoms. The average molecular weight is 348 g/mol. The number of nitrogens with zero attached hydrogens (tertiary/aromatic N) is 1. The summed E-state index contributed by atoms with van der Waals surface area (Å²) in [6.45, 7) is 1.80. The molecule has 1 aliphatic heterocycles. The maximum Gasteiger partial charge on any atom is 0.337 e. The van der Waals surface area contributed by atoms with Gasteiger partial charge in [0.15, 0.2) is 0 Å². The number of para-hydroxylation sites is 1. The van der Waals surface area contributed by atoms with Crippen LogP contribution >= 0.6 is 0 Å². The number of carboxylic acids is 1. The fourth-order valence-corrected chi connectivity index (χ4v) is 1.91. The summed E-state index contributed by atoms with van der Waals surface area (Å²) in [5, 5.41) is 9.06. The molecule has 1 N–H and O–H groups in total. The van der Waals surface area contributed by atoms with Crippen LogP contribution < -0.4 is 4.90 Å². The molecule has 1 aromatic rings. The van der Waals surface area contributed by atoms with Crippen LogP contribution in [0, 0.1) is 51.6 Å². The first kappa shape index (κ1) is 21.2. The molecule has 1 radical (unpaired) electrons. The van der Waals surface area contributed by atoms with Crippen LogP contribution in [0.4, 0.5) is 5.69 Å². The van der Waals surface area contributed by atoms with E-state index < -0.39 is 5.97 Å². The van der Waals surface area contributed by atoms with Crippen molar-refractivity contribution in [2.45, 2.75) is 12.8 Å². The van der Waals surface area contributed by atoms with Gasteiger partial charge in [-0.15, -0.1) is 6.54 Å². The van der Waals surface area contributed by atoms with Gasteiger partial charge in [0, 0.05) is 82.7 Å². The van der Waals surface area contributed by atoms with Gasteiger partial charge in [-0.25, -0.2) is 4.79 Å². The van der Waals surface area contributed by atoms with Crippen molar-refractivity contribution >= 4 is 11.7 Å². The molecule has 1 fully saturated rings. The molecule has 0 saturated carbocycles. The number of anilines is 1. The Labute approximate surface area is 164 Å². The Balaban J connectivity index is 0. The zero-order valence-corrected chi connectivity index (χ0v) is 14.0. The molecule has 0 aliphatic carbocycles. The summed E-state index contributed by atoms with van der Waals surface area (Å²) in [6.07, 6.45) is 4.43. The van der Waals surface area contributed by atoms with Crippen LogP contribution in [0.15, 0.2) is 24.3 Å². The number of rotatable bonds is 2. The Bertz CT molecular complexity index is 368. The van der Waals surface area contributed by atoms with E-state index >= 15 is 0 Å². The van der Waals surface area contributed by atoms with E-state index in [9.17, 15) is 4.79 Å². The quantitative estimate of drug-likeness (QED) is 0.836. The number of carboxylic acid groups (broad SMARTS) is 1. The second kappa shape index (κ2) is 10.6. The summed E-state index contributed by atoms with van der Waals surface area (Å²) < 4.78 is 0. The number of piperidine rings is 1. The van der Waals surface area contributed by atoms with E-state index in [-0.39, 0.29) is 77.9 Å².